The topological polar surface area (TPSA) is 26.0 Å². The van der Waals surface area contributed by atoms with Crippen LogP contribution in [0, 0.1) is 5.92 Å². The molecule has 0 aliphatic heterocycles. The highest BCUT2D eigenvalue weighted by Gasteiger charge is 2.07. The normalized spacial score (nSPS) is 13.2. The van der Waals surface area contributed by atoms with Crippen molar-refractivity contribution >= 4 is 22.5 Å². The van der Waals surface area contributed by atoms with Gasteiger partial charge in [-0.3, -0.25) is 0 Å². The second-order valence-corrected chi connectivity index (χ2v) is 5.82. The van der Waals surface area contributed by atoms with Gasteiger partial charge in [0.1, 0.15) is 0 Å². The van der Waals surface area contributed by atoms with Gasteiger partial charge in [0.25, 0.3) is 0 Å². The molecule has 1 atom stereocenters. The van der Waals surface area contributed by atoms with E-state index in [0.29, 0.717) is 5.92 Å². The summed E-state index contributed by atoms with van der Waals surface area (Å²) in [4.78, 5) is 1.31. The molecule has 0 radical (unpaired) electrons. The third-order valence-electron chi connectivity index (χ3n) is 3.02. The summed E-state index contributed by atoms with van der Waals surface area (Å²) in [5.41, 5.74) is 6.06. The molecule has 0 fully saturated rings. The maximum atomic E-state index is 6.06. The highest BCUT2D eigenvalue weighted by Crippen LogP contribution is 2.24. The zero-order valence-corrected chi connectivity index (χ0v) is 11.2. The van der Waals surface area contributed by atoms with Crippen LogP contribution >= 0.6 is 11.8 Å². The molecule has 2 aromatic rings. The summed E-state index contributed by atoms with van der Waals surface area (Å²) in [5.74, 6) is 1.53. The van der Waals surface area contributed by atoms with Crippen molar-refractivity contribution in [2.75, 3.05) is 5.75 Å². The van der Waals surface area contributed by atoms with Crippen molar-refractivity contribution in [1.82, 2.24) is 0 Å². The van der Waals surface area contributed by atoms with Crippen LogP contribution in [0.1, 0.15) is 13.8 Å². The molecule has 0 bridgehead atoms. The second-order valence-electron chi connectivity index (χ2n) is 4.73. The molecule has 2 rings (SSSR count). The lowest BCUT2D eigenvalue weighted by Crippen LogP contribution is -2.28. The minimum absolute atomic E-state index is 0.270. The first kappa shape index (κ1) is 12.5. The van der Waals surface area contributed by atoms with Gasteiger partial charge in [0.2, 0.25) is 0 Å². The number of hydrogen-bond donors (Lipinski definition) is 1. The Hall–Kier alpha value is -0.990. The lowest BCUT2D eigenvalue weighted by molar-refractivity contribution is 0.535. The standard InChI is InChI=1S/C15H19NS/c1-11(2)15(16)10-17-14-8-7-12-5-3-4-6-13(12)9-14/h3-9,11,15H,10,16H2,1-2H3. The van der Waals surface area contributed by atoms with Crippen LogP contribution in [0.15, 0.2) is 47.4 Å². The van der Waals surface area contributed by atoms with Gasteiger partial charge in [-0.2, -0.15) is 0 Å². The number of thioether (sulfide) groups is 1. The van der Waals surface area contributed by atoms with Crippen molar-refractivity contribution in [1.29, 1.82) is 0 Å². The molecule has 1 nitrogen and oxygen atoms in total. The number of nitrogens with two attached hydrogens (primary N) is 1. The number of fused-ring (bicyclic) bond motifs is 1. The average Bonchev–Trinajstić information content (AvgIpc) is 2.35. The predicted molar refractivity (Wildman–Crippen MR) is 77.5 cm³/mol. The van der Waals surface area contributed by atoms with Gasteiger partial charge in [-0.15, -0.1) is 11.8 Å². The van der Waals surface area contributed by atoms with Gasteiger partial charge in [-0.05, 0) is 28.8 Å². The summed E-state index contributed by atoms with van der Waals surface area (Å²) < 4.78 is 0. The fourth-order valence-electron chi connectivity index (χ4n) is 1.64. The molecule has 2 N–H and O–H groups in total. The van der Waals surface area contributed by atoms with E-state index >= 15 is 0 Å². The molecule has 0 aliphatic carbocycles. The predicted octanol–water partition coefficient (Wildman–Crippen LogP) is 3.92. The second kappa shape index (κ2) is 5.56. The van der Waals surface area contributed by atoms with Gasteiger partial charge in [-0.1, -0.05) is 44.2 Å². The van der Waals surface area contributed by atoms with Gasteiger partial charge in [-0.25, -0.2) is 0 Å². The molecule has 0 aromatic heterocycles. The number of rotatable bonds is 4. The minimum Gasteiger partial charge on any atom is -0.327 e. The smallest absolute Gasteiger partial charge is 0.0157 e. The number of hydrogen-bond acceptors (Lipinski definition) is 2. The van der Waals surface area contributed by atoms with E-state index in [1.165, 1.54) is 15.7 Å². The third kappa shape index (κ3) is 3.24. The Bertz CT molecular complexity index is 493. The molecule has 0 heterocycles. The van der Waals surface area contributed by atoms with Crippen LogP contribution in [0.3, 0.4) is 0 Å². The van der Waals surface area contributed by atoms with Crippen molar-refractivity contribution < 1.29 is 0 Å². The molecular weight excluding hydrogens is 226 g/mol. The van der Waals surface area contributed by atoms with E-state index in [9.17, 15) is 0 Å². The Kier molecular flexibility index (Phi) is 4.08. The summed E-state index contributed by atoms with van der Waals surface area (Å²) in [6.45, 7) is 4.34. The van der Waals surface area contributed by atoms with Crippen molar-refractivity contribution in [3.63, 3.8) is 0 Å². The van der Waals surface area contributed by atoms with Gasteiger partial charge >= 0.3 is 0 Å². The highest BCUT2D eigenvalue weighted by molar-refractivity contribution is 7.99. The van der Waals surface area contributed by atoms with Gasteiger partial charge in [0, 0.05) is 16.7 Å². The van der Waals surface area contributed by atoms with E-state index in [4.69, 9.17) is 5.73 Å². The summed E-state index contributed by atoms with van der Waals surface area (Å²) in [6.07, 6.45) is 0. The minimum atomic E-state index is 0.270. The van der Waals surface area contributed by atoms with Crippen LogP contribution in [-0.2, 0) is 0 Å². The van der Waals surface area contributed by atoms with Crippen LogP contribution in [0.5, 0.6) is 0 Å². The maximum Gasteiger partial charge on any atom is 0.0157 e. The maximum absolute atomic E-state index is 6.06. The first-order valence-corrected chi connectivity index (χ1v) is 7.02. The van der Waals surface area contributed by atoms with Crippen LogP contribution in [0.2, 0.25) is 0 Å². The Morgan fingerprint density at radius 1 is 1.06 bits per heavy atom. The zero-order chi connectivity index (χ0) is 12.3. The molecule has 1 unspecified atom stereocenters. The molecule has 2 heteroatoms. The van der Waals surface area contributed by atoms with Gasteiger partial charge in [0.15, 0.2) is 0 Å². The molecule has 2 aromatic carbocycles. The molecule has 17 heavy (non-hydrogen) atoms. The summed E-state index contributed by atoms with van der Waals surface area (Å²) in [6, 6.07) is 15.3. The van der Waals surface area contributed by atoms with Crippen molar-refractivity contribution in [2.45, 2.75) is 24.8 Å². The Balaban J connectivity index is 2.09. The van der Waals surface area contributed by atoms with E-state index in [0.717, 1.165) is 5.75 Å². The fraction of sp³-hybridized carbons (Fsp3) is 0.333. The largest absolute Gasteiger partial charge is 0.327 e. The lowest BCUT2D eigenvalue weighted by atomic mass is 10.1. The first-order valence-electron chi connectivity index (χ1n) is 6.04. The summed E-state index contributed by atoms with van der Waals surface area (Å²) in [7, 11) is 0. The molecule has 0 saturated carbocycles. The SMILES string of the molecule is CC(C)C(N)CSc1ccc2ccccc2c1. The van der Waals surface area contributed by atoms with Gasteiger partial charge < -0.3 is 5.73 Å². The Morgan fingerprint density at radius 2 is 1.76 bits per heavy atom. The highest BCUT2D eigenvalue weighted by atomic mass is 32.2. The summed E-state index contributed by atoms with van der Waals surface area (Å²) in [5, 5.41) is 2.60. The van der Waals surface area contributed by atoms with Crippen LogP contribution in [0.4, 0.5) is 0 Å². The third-order valence-corrected chi connectivity index (χ3v) is 4.16. The summed E-state index contributed by atoms with van der Waals surface area (Å²) >= 11 is 1.85. The van der Waals surface area contributed by atoms with E-state index in [-0.39, 0.29) is 6.04 Å². The quantitative estimate of drug-likeness (QED) is 0.826. The van der Waals surface area contributed by atoms with Gasteiger partial charge in [0.05, 0.1) is 0 Å². The van der Waals surface area contributed by atoms with E-state index in [1.54, 1.807) is 0 Å². The van der Waals surface area contributed by atoms with E-state index in [1.807, 2.05) is 11.8 Å². The first-order chi connectivity index (χ1) is 8.16. The number of benzene rings is 2. The Morgan fingerprint density at radius 3 is 2.47 bits per heavy atom. The molecule has 0 amide bonds. The van der Waals surface area contributed by atoms with Crippen LogP contribution in [-0.4, -0.2) is 11.8 Å². The monoisotopic (exact) mass is 245 g/mol. The van der Waals surface area contributed by atoms with Crippen molar-refractivity contribution in [3.05, 3.63) is 42.5 Å². The molecule has 90 valence electrons. The van der Waals surface area contributed by atoms with Crippen molar-refractivity contribution in [3.8, 4) is 0 Å². The molecule has 0 aliphatic rings. The van der Waals surface area contributed by atoms with E-state index in [2.05, 4.69) is 56.3 Å². The molecule has 0 saturated heterocycles. The fourth-order valence-corrected chi connectivity index (χ4v) is 2.79. The lowest BCUT2D eigenvalue weighted by Gasteiger charge is -2.14. The van der Waals surface area contributed by atoms with E-state index < -0.39 is 0 Å². The van der Waals surface area contributed by atoms with Crippen molar-refractivity contribution in [2.24, 2.45) is 11.7 Å². The van der Waals surface area contributed by atoms with Crippen LogP contribution in [0.25, 0.3) is 10.8 Å². The average molecular weight is 245 g/mol. The molecular formula is C15H19NS. The zero-order valence-electron chi connectivity index (χ0n) is 10.4. The van der Waals surface area contributed by atoms with Crippen LogP contribution < -0.4 is 5.73 Å². The molecule has 0 spiro atoms. The Labute approximate surface area is 107 Å².